The van der Waals surface area contributed by atoms with Gasteiger partial charge in [-0.3, -0.25) is 14.6 Å². The maximum atomic E-state index is 12.4. The van der Waals surface area contributed by atoms with E-state index < -0.39 is 0 Å². The van der Waals surface area contributed by atoms with Gasteiger partial charge in [0.25, 0.3) is 5.91 Å². The zero-order valence-corrected chi connectivity index (χ0v) is 19.9. The molecular weight excluding hydrogens is 499 g/mol. The van der Waals surface area contributed by atoms with E-state index in [0.717, 1.165) is 24.4 Å². The van der Waals surface area contributed by atoms with Gasteiger partial charge in [-0.2, -0.15) is 0 Å². The molecule has 3 rings (SSSR count). The van der Waals surface area contributed by atoms with E-state index in [9.17, 15) is 9.59 Å². The fraction of sp³-hybridized carbons (Fsp3) is 0.600. The third-order valence-corrected chi connectivity index (χ3v) is 5.12. The third kappa shape index (κ3) is 6.79. The second-order valence-corrected chi connectivity index (χ2v) is 7.31. The average Bonchev–Trinajstić information content (AvgIpc) is 3.27. The second kappa shape index (κ2) is 12.0. The Balaban J connectivity index is 0.00000320. The van der Waals surface area contributed by atoms with E-state index in [-0.39, 0.29) is 41.9 Å². The van der Waals surface area contributed by atoms with E-state index >= 15 is 0 Å². The number of ether oxygens (including phenoxy) is 1. The number of amides is 2. The molecule has 0 bridgehead atoms. The van der Waals surface area contributed by atoms with Crippen molar-refractivity contribution in [2.75, 3.05) is 51.7 Å². The molecule has 1 aromatic heterocycles. The van der Waals surface area contributed by atoms with Crippen LogP contribution in [0.15, 0.2) is 23.3 Å². The van der Waals surface area contributed by atoms with Crippen molar-refractivity contribution in [2.45, 2.75) is 32.3 Å². The summed E-state index contributed by atoms with van der Waals surface area (Å²) in [5.41, 5.74) is 1.05. The van der Waals surface area contributed by atoms with Crippen LogP contribution in [-0.4, -0.2) is 85.0 Å². The summed E-state index contributed by atoms with van der Waals surface area (Å²) >= 11 is 0. The van der Waals surface area contributed by atoms with Crippen molar-refractivity contribution in [3.8, 4) is 0 Å². The molecule has 0 saturated carbocycles. The van der Waals surface area contributed by atoms with Crippen LogP contribution in [0, 0.1) is 6.92 Å². The van der Waals surface area contributed by atoms with Crippen LogP contribution in [0.2, 0.25) is 0 Å². The van der Waals surface area contributed by atoms with E-state index in [4.69, 9.17) is 4.74 Å². The fourth-order valence-corrected chi connectivity index (χ4v) is 3.48. The zero-order chi connectivity index (χ0) is 20.6. The Morgan fingerprint density at radius 3 is 2.57 bits per heavy atom. The first-order valence-corrected chi connectivity index (χ1v) is 10.2. The Labute approximate surface area is 194 Å². The number of carbonyl (C=O) groups excluding carboxylic acids is 2. The maximum absolute atomic E-state index is 12.4. The van der Waals surface area contributed by atoms with Gasteiger partial charge in [-0.15, -0.1) is 24.0 Å². The molecule has 1 aromatic rings. The lowest BCUT2D eigenvalue weighted by atomic mass is 10.2. The lowest BCUT2D eigenvalue weighted by Crippen LogP contribution is -2.55. The standard InChI is InChI=1S/C20H30N6O3.HI/c1-15-5-6-17(23-14-15)24-18(27)7-8-22-20(21-2)26-11-9-25(10-12-26)19(28)16-4-3-13-29-16;/h5-6,14,16H,3-4,7-13H2,1-2H3,(H,21,22)(H,23,24,27);1H. The number of carbonyl (C=O) groups is 2. The summed E-state index contributed by atoms with van der Waals surface area (Å²) in [7, 11) is 1.72. The topological polar surface area (TPSA) is 99.2 Å². The molecule has 1 unspecified atom stereocenters. The van der Waals surface area contributed by atoms with Gasteiger partial charge in [0.05, 0.1) is 0 Å². The number of aliphatic imine (C=N–C) groups is 1. The number of guanidine groups is 1. The molecular formula is C20H31IN6O3. The quantitative estimate of drug-likeness (QED) is 0.338. The van der Waals surface area contributed by atoms with Crippen LogP contribution in [0.25, 0.3) is 0 Å². The van der Waals surface area contributed by atoms with Gasteiger partial charge in [0.15, 0.2) is 5.96 Å². The van der Waals surface area contributed by atoms with Gasteiger partial charge in [-0.05, 0) is 31.4 Å². The van der Waals surface area contributed by atoms with Crippen LogP contribution >= 0.6 is 24.0 Å². The number of hydrogen-bond donors (Lipinski definition) is 2. The van der Waals surface area contributed by atoms with Crippen LogP contribution in [0.5, 0.6) is 0 Å². The molecule has 2 fully saturated rings. The summed E-state index contributed by atoms with van der Waals surface area (Å²) < 4.78 is 5.50. The Hall–Kier alpha value is -1.95. The van der Waals surface area contributed by atoms with Crippen molar-refractivity contribution in [3.05, 3.63) is 23.9 Å². The molecule has 166 valence electrons. The molecule has 0 aliphatic carbocycles. The molecule has 10 heteroatoms. The highest BCUT2D eigenvalue weighted by atomic mass is 127. The van der Waals surface area contributed by atoms with Crippen LogP contribution < -0.4 is 10.6 Å². The van der Waals surface area contributed by atoms with Crippen LogP contribution in [0.1, 0.15) is 24.8 Å². The molecule has 2 N–H and O–H groups in total. The summed E-state index contributed by atoms with van der Waals surface area (Å²) in [4.78, 5) is 37.0. The number of hydrogen-bond acceptors (Lipinski definition) is 5. The maximum Gasteiger partial charge on any atom is 0.251 e. The highest BCUT2D eigenvalue weighted by molar-refractivity contribution is 14.0. The molecule has 2 aliphatic heterocycles. The number of anilines is 1. The number of nitrogens with one attached hydrogen (secondary N) is 2. The predicted octanol–water partition coefficient (Wildman–Crippen LogP) is 1.24. The first kappa shape index (κ1) is 24.3. The lowest BCUT2D eigenvalue weighted by molar-refractivity contribution is -0.142. The van der Waals surface area contributed by atoms with Crippen LogP contribution in [-0.2, 0) is 14.3 Å². The minimum absolute atomic E-state index is 0. The van der Waals surface area contributed by atoms with E-state index in [0.29, 0.717) is 51.6 Å². The number of rotatable bonds is 5. The Morgan fingerprint density at radius 2 is 1.97 bits per heavy atom. The number of pyridine rings is 1. The van der Waals surface area contributed by atoms with E-state index in [1.165, 1.54) is 0 Å². The Bertz CT molecular complexity index is 729. The molecule has 2 saturated heterocycles. The molecule has 30 heavy (non-hydrogen) atoms. The second-order valence-electron chi connectivity index (χ2n) is 7.31. The molecule has 0 spiro atoms. The minimum Gasteiger partial charge on any atom is -0.368 e. The van der Waals surface area contributed by atoms with Crippen molar-refractivity contribution in [1.29, 1.82) is 0 Å². The van der Waals surface area contributed by atoms with Crippen molar-refractivity contribution in [3.63, 3.8) is 0 Å². The molecule has 9 nitrogen and oxygen atoms in total. The van der Waals surface area contributed by atoms with E-state index in [1.807, 2.05) is 17.9 Å². The normalized spacial score (nSPS) is 19.3. The summed E-state index contributed by atoms with van der Waals surface area (Å²) in [6.45, 7) is 5.82. The van der Waals surface area contributed by atoms with Gasteiger partial charge in [0, 0.05) is 59.0 Å². The summed E-state index contributed by atoms with van der Waals surface area (Å²) in [6, 6.07) is 3.70. The van der Waals surface area contributed by atoms with Gasteiger partial charge < -0.3 is 25.2 Å². The number of nitrogens with zero attached hydrogens (tertiary/aromatic N) is 4. The monoisotopic (exact) mass is 530 g/mol. The summed E-state index contributed by atoms with van der Waals surface area (Å²) in [6.07, 6.45) is 3.55. The first-order chi connectivity index (χ1) is 14.1. The lowest BCUT2D eigenvalue weighted by Gasteiger charge is -2.37. The fourth-order valence-electron chi connectivity index (χ4n) is 3.48. The largest absolute Gasteiger partial charge is 0.368 e. The van der Waals surface area contributed by atoms with Crippen molar-refractivity contribution < 1.29 is 14.3 Å². The molecule has 0 radical (unpaired) electrons. The highest BCUT2D eigenvalue weighted by Gasteiger charge is 2.30. The third-order valence-electron chi connectivity index (χ3n) is 5.12. The molecule has 2 amide bonds. The summed E-state index contributed by atoms with van der Waals surface area (Å²) in [5, 5.41) is 6.02. The zero-order valence-electron chi connectivity index (χ0n) is 17.6. The van der Waals surface area contributed by atoms with E-state index in [1.54, 1.807) is 19.3 Å². The highest BCUT2D eigenvalue weighted by Crippen LogP contribution is 2.16. The predicted molar refractivity (Wildman–Crippen MR) is 126 cm³/mol. The van der Waals surface area contributed by atoms with Crippen molar-refractivity contribution >= 4 is 47.6 Å². The van der Waals surface area contributed by atoms with Gasteiger partial charge in [-0.25, -0.2) is 4.98 Å². The van der Waals surface area contributed by atoms with Crippen LogP contribution in [0.4, 0.5) is 5.82 Å². The smallest absolute Gasteiger partial charge is 0.251 e. The van der Waals surface area contributed by atoms with E-state index in [2.05, 4.69) is 25.5 Å². The van der Waals surface area contributed by atoms with Crippen LogP contribution in [0.3, 0.4) is 0 Å². The van der Waals surface area contributed by atoms with Crippen molar-refractivity contribution in [1.82, 2.24) is 20.1 Å². The number of aryl methyl sites for hydroxylation is 1. The molecule has 3 heterocycles. The van der Waals surface area contributed by atoms with Gasteiger partial charge in [0.1, 0.15) is 11.9 Å². The van der Waals surface area contributed by atoms with Gasteiger partial charge >= 0.3 is 0 Å². The minimum atomic E-state index is -0.263. The Morgan fingerprint density at radius 1 is 1.23 bits per heavy atom. The number of halogens is 1. The summed E-state index contributed by atoms with van der Waals surface area (Å²) in [5.74, 6) is 1.30. The molecule has 0 aromatic carbocycles. The molecule has 2 aliphatic rings. The SMILES string of the molecule is CN=C(NCCC(=O)Nc1ccc(C)cn1)N1CCN(C(=O)C2CCCO2)CC1.I. The van der Waals surface area contributed by atoms with Gasteiger partial charge in [-0.1, -0.05) is 6.07 Å². The number of aromatic nitrogens is 1. The number of piperazine rings is 1. The first-order valence-electron chi connectivity index (χ1n) is 10.2. The van der Waals surface area contributed by atoms with Gasteiger partial charge in [0.2, 0.25) is 5.91 Å². The Kier molecular flexibility index (Phi) is 9.76. The van der Waals surface area contributed by atoms with Crippen molar-refractivity contribution in [2.24, 2.45) is 4.99 Å². The average molecular weight is 530 g/mol. The molecule has 1 atom stereocenters.